The number of rotatable bonds is 1. The van der Waals surface area contributed by atoms with Gasteiger partial charge in [-0.05, 0) is 32.0 Å². The Balaban J connectivity index is 2.00. The van der Waals surface area contributed by atoms with E-state index in [9.17, 15) is 4.79 Å². The average molecular weight is 265 g/mol. The lowest BCUT2D eigenvalue weighted by molar-refractivity contribution is 0.208. The minimum absolute atomic E-state index is 0.0472. The van der Waals surface area contributed by atoms with E-state index in [0.29, 0.717) is 5.69 Å². The second kappa shape index (κ2) is 5.10. The summed E-state index contributed by atoms with van der Waals surface area (Å²) in [6.45, 7) is 5.89. The van der Waals surface area contributed by atoms with E-state index in [1.807, 2.05) is 28.8 Å². The van der Waals surface area contributed by atoms with Gasteiger partial charge in [0.1, 0.15) is 0 Å². The number of anilines is 2. The molecule has 1 saturated heterocycles. The number of amides is 2. The number of carbonyl (C=O) groups is 1. The lowest BCUT2D eigenvalue weighted by Crippen LogP contribution is -2.47. The number of urea groups is 1. The molecule has 0 saturated carbocycles. The highest BCUT2D eigenvalue weighted by Crippen LogP contribution is 2.29. The number of benzene rings is 1. The molecule has 1 heterocycles. The van der Waals surface area contributed by atoms with Crippen LogP contribution in [0.5, 0.6) is 0 Å². The van der Waals surface area contributed by atoms with E-state index >= 15 is 0 Å². The maximum atomic E-state index is 12.1. The van der Waals surface area contributed by atoms with Crippen molar-refractivity contribution < 1.29 is 4.79 Å². The van der Waals surface area contributed by atoms with Crippen molar-refractivity contribution in [1.82, 2.24) is 4.90 Å². The Kier molecular flexibility index (Phi) is 3.71. The summed E-state index contributed by atoms with van der Waals surface area (Å²) in [4.78, 5) is 14.0. The van der Waals surface area contributed by atoms with Gasteiger partial charge in [-0.15, -0.1) is 0 Å². The topological polar surface area (TPSA) is 58.4 Å². The highest BCUT2D eigenvalue weighted by atomic mass is 32.2. The minimum Gasteiger partial charge on any atom is -0.399 e. The molecule has 0 aromatic heterocycles. The normalized spacial score (nSPS) is 18.4. The van der Waals surface area contributed by atoms with Crippen molar-refractivity contribution in [3.63, 3.8) is 0 Å². The van der Waals surface area contributed by atoms with E-state index in [0.717, 1.165) is 24.5 Å². The fourth-order valence-electron chi connectivity index (χ4n) is 2.01. The molecule has 0 aliphatic carbocycles. The van der Waals surface area contributed by atoms with Crippen molar-refractivity contribution in [1.29, 1.82) is 0 Å². The number of nitrogen functional groups attached to an aromatic ring is 1. The van der Waals surface area contributed by atoms with Crippen LogP contribution < -0.4 is 11.1 Å². The van der Waals surface area contributed by atoms with Crippen molar-refractivity contribution in [2.45, 2.75) is 18.6 Å². The Bertz CT molecular complexity index is 448. The van der Waals surface area contributed by atoms with Gasteiger partial charge >= 0.3 is 6.03 Å². The van der Waals surface area contributed by atoms with E-state index in [1.54, 1.807) is 12.1 Å². The molecule has 1 aromatic rings. The summed E-state index contributed by atoms with van der Waals surface area (Å²) in [5.41, 5.74) is 7.09. The molecule has 0 bridgehead atoms. The Labute approximate surface area is 112 Å². The van der Waals surface area contributed by atoms with Gasteiger partial charge in [-0.25, -0.2) is 4.79 Å². The molecule has 5 heteroatoms. The van der Waals surface area contributed by atoms with Crippen molar-refractivity contribution >= 4 is 29.2 Å². The second-order valence-corrected chi connectivity index (χ2v) is 6.89. The molecule has 1 aromatic carbocycles. The number of nitrogens with one attached hydrogen (secondary N) is 1. The number of hydrogen-bond donors (Lipinski definition) is 2. The van der Waals surface area contributed by atoms with Crippen LogP contribution in [-0.4, -0.2) is 34.5 Å². The van der Waals surface area contributed by atoms with Crippen LogP contribution in [0, 0.1) is 0 Å². The van der Waals surface area contributed by atoms with Gasteiger partial charge in [0, 0.05) is 35.0 Å². The van der Waals surface area contributed by atoms with Gasteiger partial charge in [0.25, 0.3) is 0 Å². The molecule has 0 atom stereocenters. The highest BCUT2D eigenvalue weighted by Gasteiger charge is 2.29. The number of nitrogens with two attached hydrogens (primary N) is 1. The molecule has 2 rings (SSSR count). The summed E-state index contributed by atoms with van der Waals surface area (Å²) in [5, 5.41) is 2.89. The quantitative estimate of drug-likeness (QED) is 0.767. The van der Waals surface area contributed by atoms with Gasteiger partial charge in [-0.1, -0.05) is 6.07 Å². The first-order chi connectivity index (χ1) is 8.46. The molecule has 18 heavy (non-hydrogen) atoms. The maximum absolute atomic E-state index is 12.1. The van der Waals surface area contributed by atoms with Crippen LogP contribution in [0.25, 0.3) is 0 Å². The molecule has 4 nitrogen and oxygen atoms in total. The van der Waals surface area contributed by atoms with Crippen molar-refractivity contribution in [2.24, 2.45) is 0 Å². The smallest absolute Gasteiger partial charge is 0.321 e. The first-order valence-corrected chi connectivity index (χ1v) is 7.00. The summed E-state index contributed by atoms with van der Waals surface area (Å²) in [6, 6.07) is 7.20. The third-order valence-corrected chi connectivity index (χ3v) is 4.15. The van der Waals surface area contributed by atoms with Crippen LogP contribution in [0.1, 0.15) is 13.8 Å². The van der Waals surface area contributed by atoms with Crippen LogP contribution in [0.3, 0.4) is 0 Å². The number of hydrogen-bond acceptors (Lipinski definition) is 3. The molecule has 0 unspecified atom stereocenters. The summed E-state index contributed by atoms with van der Waals surface area (Å²) in [5.74, 6) is 0.983. The lowest BCUT2D eigenvalue weighted by atomic mass is 10.2. The Morgan fingerprint density at radius 3 is 2.94 bits per heavy atom. The SMILES string of the molecule is CC1(C)CN(C(=O)Nc2cccc(N)c2)CCS1. The van der Waals surface area contributed by atoms with Gasteiger partial charge < -0.3 is 16.0 Å². The summed E-state index contributed by atoms with van der Waals surface area (Å²) in [6.07, 6.45) is 0. The first kappa shape index (κ1) is 13.1. The molecule has 0 radical (unpaired) electrons. The molecule has 1 fully saturated rings. The van der Waals surface area contributed by atoms with Gasteiger partial charge in [0.2, 0.25) is 0 Å². The van der Waals surface area contributed by atoms with E-state index in [2.05, 4.69) is 19.2 Å². The average Bonchev–Trinajstić information content (AvgIpc) is 2.27. The minimum atomic E-state index is -0.0472. The highest BCUT2D eigenvalue weighted by molar-refractivity contribution is 8.00. The van der Waals surface area contributed by atoms with Gasteiger partial charge in [0.15, 0.2) is 0 Å². The van der Waals surface area contributed by atoms with Crippen LogP contribution in [-0.2, 0) is 0 Å². The molecule has 1 aliphatic heterocycles. The van der Waals surface area contributed by atoms with Gasteiger partial charge in [0.05, 0.1) is 0 Å². The fraction of sp³-hybridized carbons (Fsp3) is 0.462. The Hall–Kier alpha value is -1.36. The monoisotopic (exact) mass is 265 g/mol. The van der Waals surface area contributed by atoms with E-state index < -0.39 is 0 Å². The molecule has 3 N–H and O–H groups in total. The van der Waals surface area contributed by atoms with Crippen LogP contribution >= 0.6 is 11.8 Å². The zero-order valence-electron chi connectivity index (χ0n) is 10.8. The molecular weight excluding hydrogens is 246 g/mol. The molecule has 98 valence electrons. The van der Waals surface area contributed by atoms with Gasteiger partial charge in [-0.3, -0.25) is 0 Å². The van der Waals surface area contributed by atoms with E-state index in [4.69, 9.17) is 5.73 Å². The predicted molar refractivity (Wildman–Crippen MR) is 78.0 cm³/mol. The molecule has 1 aliphatic rings. The Morgan fingerprint density at radius 1 is 1.50 bits per heavy atom. The van der Waals surface area contributed by atoms with Gasteiger partial charge in [-0.2, -0.15) is 11.8 Å². The summed E-state index contributed by atoms with van der Waals surface area (Å²) >= 11 is 1.91. The largest absolute Gasteiger partial charge is 0.399 e. The zero-order chi connectivity index (χ0) is 13.2. The second-order valence-electron chi connectivity index (χ2n) is 5.09. The van der Waals surface area contributed by atoms with Crippen LogP contribution in [0.2, 0.25) is 0 Å². The molecular formula is C13H19N3OS. The first-order valence-electron chi connectivity index (χ1n) is 6.02. The fourth-order valence-corrected chi connectivity index (χ4v) is 3.12. The van der Waals surface area contributed by atoms with Crippen LogP contribution in [0.15, 0.2) is 24.3 Å². The molecule has 0 spiro atoms. The molecule has 2 amide bonds. The standard InChI is InChI=1S/C13H19N3OS/c1-13(2)9-16(6-7-18-13)12(17)15-11-5-3-4-10(14)8-11/h3-5,8H,6-7,9,14H2,1-2H3,(H,15,17). The maximum Gasteiger partial charge on any atom is 0.321 e. The predicted octanol–water partition coefficient (Wildman–Crippen LogP) is 2.63. The third-order valence-electron chi connectivity index (χ3n) is 2.85. The number of thioether (sulfide) groups is 1. The zero-order valence-corrected chi connectivity index (χ0v) is 11.6. The summed E-state index contributed by atoms with van der Waals surface area (Å²) in [7, 11) is 0. The third kappa shape index (κ3) is 3.32. The Morgan fingerprint density at radius 2 is 2.28 bits per heavy atom. The van der Waals surface area contributed by atoms with Crippen LogP contribution in [0.4, 0.5) is 16.2 Å². The number of nitrogens with zero attached hydrogens (tertiary/aromatic N) is 1. The number of carbonyl (C=O) groups excluding carboxylic acids is 1. The van der Waals surface area contributed by atoms with E-state index in [-0.39, 0.29) is 10.8 Å². The van der Waals surface area contributed by atoms with Crippen molar-refractivity contribution in [3.05, 3.63) is 24.3 Å². The van der Waals surface area contributed by atoms with Crippen molar-refractivity contribution in [3.8, 4) is 0 Å². The lowest BCUT2D eigenvalue weighted by Gasteiger charge is -2.37. The van der Waals surface area contributed by atoms with E-state index in [1.165, 1.54) is 0 Å². The summed E-state index contributed by atoms with van der Waals surface area (Å²) < 4.78 is 0.130. The van der Waals surface area contributed by atoms with Crippen molar-refractivity contribution in [2.75, 3.05) is 29.9 Å².